The van der Waals surface area contributed by atoms with Crippen molar-refractivity contribution >= 4 is 16.7 Å². The van der Waals surface area contributed by atoms with Crippen molar-refractivity contribution in [1.82, 2.24) is 10.2 Å². The van der Waals surface area contributed by atoms with Crippen molar-refractivity contribution in [3.63, 3.8) is 0 Å². The van der Waals surface area contributed by atoms with Crippen LogP contribution in [0.2, 0.25) is 0 Å². The molecule has 0 heterocycles. The SMILES string of the molecule is CC(C)N(CCNC(=O)c1cccc(CS(C)=O)c1)C(C)C. The number of carbonyl (C=O) groups is 1. The molecule has 0 aromatic heterocycles. The standard InChI is InChI=1S/C17H28N2O2S/c1-13(2)19(14(3)4)10-9-18-17(20)16-8-6-7-15(11-16)12-22(5)21/h6-8,11,13-14H,9-10,12H2,1-5H3,(H,18,20). The molecule has 4 nitrogen and oxygen atoms in total. The van der Waals surface area contributed by atoms with Gasteiger partial charge in [-0.25, -0.2) is 0 Å². The van der Waals surface area contributed by atoms with Crippen molar-refractivity contribution in [1.29, 1.82) is 0 Å². The number of hydrogen-bond donors (Lipinski definition) is 1. The first-order valence-electron chi connectivity index (χ1n) is 7.74. The highest BCUT2D eigenvalue weighted by molar-refractivity contribution is 7.83. The molecule has 0 aliphatic carbocycles. The summed E-state index contributed by atoms with van der Waals surface area (Å²) >= 11 is 0. The molecule has 1 aromatic rings. The lowest BCUT2D eigenvalue weighted by Gasteiger charge is -2.30. The highest BCUT2D eigenvalue weighted by Gasteiger charge is 2.13. The molecule has 0 aliphatic heterocycles. The quantitative estimate of drug-likeness (QED) is 0.799. The Kier molecular flexibility index (Phi) is 7.76. The topological polar surface area (TPSA) is 49.4 Å². The predicted octanol–water partition coefficient (Wildman–Crippen LogP) is 2.41. The molecule has 0 aliphatic rings. The van der Waals surface area contributed by atoms with Crippen molar-refractivity contribution in [2.24, 2.45) is 0 Å². The van der Waals surface area contributed by atoms with E-state index in [1.165, 1.54) is 0 Å². The van der Waals surface area contributed by atoms with E-state index in [0.717, 1.165) is 12.1 Å². The van der Waals surface area contributed by atoms with Crippen molar-refractivity contribution in [2.45, 2.75) is 45.5 Å². The molecule has 1 rings (SSSR count). The minimum Gasteiger partial charge on any atom is -0.351 e. The molecule has 0 bridgehead atoms. The van der Waals surface area contributed by atoms with Crippen molar-refractivity contribution in [2.75, 3.05) is 19.3 Å². The molecular weight excluding hydrogens is 296 g/mol. The van der Waals surface area contributed by atoms with E-state index in [1.807, 2.05) is 18.2 Å². The third kappa shape index (κ3) is 6.28. The van der Waals surface area contributed by atoms with Crippen LogP contribution >= 0.6 is 0 Å². The van der Waals surface area contributed by atoms with E-state index in [2.05, 4.69) is 37.9 Å². The van der Waals surface area contributed by atoms with Crippen LogP contribution in [0.3, 0.4) is 0 Å². The minimum atomic E-state index is -0.899. The first-order chi connectivity index (χ1) is 10.3. The summed E-state index contributed by atoms with van der Waals surface area (Å²) in [6, 6.07) is 8.27. The molecule has 1 unspecified atom stereocenters. The number of carbonyl (C=O) groups excluding carboxylic acids is 1. The second-order valence-electron chi connectivity index (χ2n) is 6.10. The van der Waals surface area contributed by atoms with Crippen LogP contribution in [0.15, 0.2) is 24.3 Å². The highest BCUT2D eigenvalue weighted by Crippen LogP contribution is 2.08. The van der Waals surface area contributed by atoms with Gasteiger partial charge in [-0.05, 0) is 45.4 Å². The first kappa shape index (κ1) is 18.8. The van der Waals surface area contributed by atoms with E-state index >= 15 is 0 Å². The maximum Gasteiger partial charge on any atom is 0.251 e. The van der Waals surface area contributed by atoms with Crippen molar-refractivity contribution in [3.8, 4) is 0 Å². The van der Waals surface area contributed by atoms with Gasteiger partial charge >= 0.3 is 0 Å². The van der Waals surface area contributed by atoms with Crippen LogP contribution in [-0.4, -0.2) is 46.4 Å². The number of nitrogens with one attached hydrogen (secondary N) is 1. The Hall–Kier alpha value is -1.20. The summed E-state index contributed by atoms with van der Waals surface area (Å²) in [5.41, 5.74) is 1.56. The van der Waals surface area contributed by atoms with Gasteiger partial charge in [-0.1, -0.05) is 12.1 Å². The Morgan fingerprint density at radius 2 is 1.86 bits per heavy atom. The summed E-state index contributed by atoms with van der Waals surface area (Å²) in [6.07, 6.45) is 1.67. The monoisotopic (exact) mass is 324 g/mol. The number of rotatable bonds is 8. The molecule has 5 heteroatoms. The van der Waals surface area contributed by atoms with E-state index in [9.17, 15) is 9.00 Å². The fourth-order valence-corrected chi connectivity index (χ4v) is 3.20. The Bertz CT molecular complexity index is 507. The van der Waals surface area contributed by atoms with Gasteiger partial charge in [0.05, 0.1) is 0 Å². The maximum absolute atomic E-state index is 12.2. The molecule has 0 spiro atoms. The van der Waals surface area contributed by atoms with Crippen LogP contribution in [0.4, 0.5) is 0 Å². The third-order valence-corrected chi connectivity index (χ3v) is 4.28. The summed E-state index contributed by atoms with van der Waals surface area (Å²) in [6.45, 7) is 10.1. The van der Waals surface area contributed by atoms with Gasteiger partial charge in [0.1, 0.15) is 0 Å². The van der Waals surface area contributed by atoms with Crippen molar-refractivity contribution in [3.05, 3.63) is 35.4 Å². The molecule has 1 N–H and O–H groups in total. The molecule has 0 radical (unpaired) electrons. The lowest BCUT2D eigenvalue weighted by atomic mass is 10.1. The van der Waals surface area contributed by atoms with Crippen molar-refractivity contribution < 1.29 is 9.00 Å². The number of nitrogens with zero attached hydrogens (tertiary/aromatic N) is 1. The fourth-order valence-electron chi connectivity index (χ4n) is 2.55. The van der Waals surface area contributed by atoms with Gasteiger partial charge in [0.2, 0.25) is 0 Å². The Morgan fingerprint density at radius 1 is 1.23 bits per heavy atom. The Morgan fingerprint density at radius 3 is 2.41 bits per heavy atom. The smallest absolute Gasteiger partial charge is 0.251 e. The van der Waals surface area contributed by atoms with Crippen LogP contribution in [0.5, 0.6) is 0 Å². The average molecular weight is 324 g/mol. The maximum atomic E-state index is 12.2. The van der Waals surface area contributed by atoms with Gasteiger partial charge in [0.15, 0.2) is 0 Å². The summed E-state index contributed by atoms with van der Waals surface area (Å²) in [4.78, 5) is 14.5. The van der Waals surface area contributed by atoms with E-state index in [-0.39, 0.29) is 5.91 Å². The van der Waals surface area contributed by atoms with Gasteiger partial charge < -0.3 is 5.32 Å². The van der Waals surface area contributed by atoms with Gasteiger partial charge in [0.25, 0.3) is 5.91 Å². The van der Waals surface area contributed by atoms with Crippen LogP contribution in [0.1, 0.15) is 43.6 Å². The summed E-state index contributed by atoms with van der Waals surface area (Å²) in [5.74, 6) is 0.409. The lowest BCUT2D eigenvalue weighted by Crippen LogP contribution is -2.42. The average Bonchev–Trinajstić information content (AvgIpc) is 2.42. The van der Waals surface area contributed by atoms with E-state index in [0.29, 0.717) is 29.9 Å². The summed E-state index contributed by atoms with van der Waals surface area (Å²) in [5, 5.41) is 2.96. The molecule has 1 aromatic carbocycles. The van der Waals surface area contributed by atoms with Crippen LogP contribution in [-0.2, 0) is 16.6 Å². The zero-order valence-corrected chi connectivity index (χ0v) is 15.1. The second kappa shape index (κ2) is 9.06. The molecule has 124 valence electrons. The zero-order valence-electron chi connectivity index (χ0n) is 14.3. The molecule has 0 fully saturated rings. The lowest BCUT2D eigenvalue weighted by molar-refractivity contribution is 0.0939. The second-order valence-corrected chi connectivity index (χ2v) is 7.53. The molecule has 1 amide bonds. The Labute approximate surface area is 136 Å². The molecule has 1 atom stereocenters. The third-order valence-electron chi connectivity index (χ3n) is 3.54. The predicted molar refractivity (Wildman–Crippen MR) is 93.5 cm³/mol. The van der Waals surface area contributed by atoms with E-state index in [1.54, 1.807) is 12.3 Å². The van der Waals surface area contributed by atoms with E-state index < -0.39 is 10.8 Å². The minimum absolute atomic E-state index is 0.0730. The van der Waals surface area contributed by atoms with Gasteiger partial charge in [-0.2, -0.15) is 0 Å². The molecule has 0 saturated heterocycles. The van der Waals surface area contributed by atoms with Gasteiger partial charge in [0, 0.05) is 53.5 Å². The number of benzene rings is 1. The molecule has 0 saturated carbocycles. The first-order valence-corrected chi connectivity index (χ1v) is 9.47. The highest BCUT2D eigenvalue weighted by atomic mass is 32.2. The van der Waals surface area contributed by atoms with E-state index in [4.69, 9.17) is 0 Å². The van der Waals surface area contributed by atoms with Gasteiger partial charge in [-0.15, -0.1) is 0 Å². The van der Waals surface area contributed by atoms with Crippen LogP contribution in [0, 0.1) is 0 Å². The molecular formula is C17H28N2O2S. The molecule has 22 heavy (non-hydrogen) atoms. The number of amides is 1. The summed E-state index contributed by atoms with van der Waals surface area (Å²) < 4.78 is 11.3. The van der Waals surface area contributed by atoms with Crippen LogP contribution < -0.4 is 5.32 Å². The fraction of sp³-hybridized carbons (Fsp3) is 0.588. The largest absolute Gasteiger partial charge is 0.351 e. The zero-order chi connectivity index (χ0) is 16.7. The number of hydrogen-bond acceptors (Lipinski definition) is 3. The summed E-state index contributed by atoms with van der Waals surface area (Å²) in [7, 11) is -0.899. The normalized spacial score (nSPS) is 12.9. The van der Waals surface area contributed by atoms with Gasteiger partial charge in [-0.3, -0.25) is 13.9 Å². The van der Waals surface area contributed by atoms with Crippen LogP contribution in [0.25, 0.3) is 0 Å². The Balaban J connectivity index is 2.57.